The van der Waals surface area contributed by atoms with Gasteiger partial charge in [-0.05, 0) is 48.7 Å². The predicted molar refractivity (Wildman–Crippen MR) is 92.3 cm³/mol. The Hall–Kier alpha value is -2.29. The molecule has 3 rings (SSSR count). The molecule has 0 saturated heterocycles. The first kappa shape index (κ1) is 15.6. The van der Waals surface area contributed by atoms with Gasteiger partial charge in [0, 0.05) is 10.6 Å². The minimum atomic E-state index is -3.76. The number of halogens is 1. The van der Waals surface area contributed by atoms with Gasteiger partial charge in [0.05, 0.1) is 17.2 Å². The van der Waals surface area contributed by atoms with E-state index in [-0.39, 0.29) is 10.6 Å². The molecule has 0 amide bonds. The van der Waals surface area contributed by atoms with Crippen molar-refractivity contribution in [2.75, 3.05) is 4.72 Å². The molecule has 1 aliphatic rings. The topological polar surface area (TPSA) is 50.5 Å². The number of benzene rings is 2. The number of nitrogens with zero attached hydrogens (tertiary/aromatic N) is 1. The molecule has 1 N–H and O–H groups in total. The fourth-order valence-electron chi connectivity index (χ4n) is 2.63. The minimum Gasteiger partial charge on any atom is -0.279 e. The molecule has 0 saturated carbocycles. The van der Waals surface area contributed by atoms with Crippen LogP contribution in [0.2, 0.25) is 5.02 Å². The molecule has 6 heteroatoms. The van der Waals surface area contributed by atoms with Crippen molar-refractivity contribution >= 4 is 38.6 Å². The molecular weight excluding hydrogens is 332 g/mol. The van der Waals surface area contributed by atoms with Crippen molar-refractivity contribution in [3.8, 4) is 0 Å². The maximum atomic E-state index is 12.6. The highest BCUT2D eigenvalue weighted by molar-refractivity contribution is 7.92. The van der Waals surface area contributed by atoms with E-state index in [1.54, 1.807) is 24.3 Å². The smallest absolute Gasteiger partial charge is 0.260 e. The molecule has 2 aromatic carbocycles. The summed E-state index contributed by atoms with van der Waals surface area (Å²) in [6, 6.07) is 9.31. The third-order valence-corrected chi connectivity index (χ3v) is 5.45. The third-order valence-electron chi connectivity index (χ3n) is 3.77. The normalized spacial score (nSPS) is 13.2. The van der Waals surface area contributed by atoms with Gasteiger partial charge < -0.3 is 0 Å². The van der Waals surface area contributed by atoms with Gasteiger partial charge in [-0.25, -0.2) is 13.3 Å². The average Bonchev–Trinajstić information content (AvgIpc) is 2.93. The van der Waals surface area contributed by atoms with E-state index in [0.717, 1.165) is 16.7 Å². The zero-order chi connectivity index (χ0) is 16.6. The van der Waals surface area contributed by atoms with Gasteiger partial charge in [0.2, 0.25) is 0 Å². The number of rotatable bonds is 3. The van der Waals surface area contributed by atoms with Crippen LogP contribution in [0, 0.1) is 6.57 Å². The molecule has 2 aromatic rings. The zero-order valence-corrected chi connectivity index (χ0v) is 13.9. The van der Waals surface area contributed by atoms with E-state index in [4.69, 9.17) is 18.2 Å². The molecule has 0 bridgehead atoms. The standard InChI is InChI=1S/C17H13ClN2O2S/c1-11-6-7-14-16(9-8-15(18)17(11)14)20-23(21,22)13-5-3-4-12(10-13)19-2/h3-6,8-10,20H,7H2,1H3. The Labute approximate surface area is 140 Å². The Bertz CT molecular complexity index is 973. The number of fused-ring (bicyclic) bond motifs is 1. The molecule has 1 aliphatic carbocycles. The summed E-state index contributed by atoms with van der Waals surface area (Å²) in [5, 5.41) is 0.615. The van der Waals surface area contributed by atoms with Crippen LogP contribution in [0.15, 0.2) is 47.4 Å². The third kappa shape index (κ3) is 2.83. The van der Waals surface area contributed by atoms with Gasteiger partial charge in [-0.15, -0.1) is 0 Å². The van der Waals surface area contributed by atoms with E-state index in [1.165, 1.54) is 12.1 Å². The number of sulfonamides is 1. The molecule has 0 aliphatic heterocycles. The molecule has 0 radical (unpaired) electrons. The summed E-state index contributed by atoms with van der Waals surface area (Å²) < 4.78 is 27.8. The lowest BCUT2D eigenvalue weighted by molar-refractivity contribution is 0.601. The molecule has 4 nitrogen and oxygen atoms in total. The molecule has 0 atom stereocenters. The van der Waals surface area contributed by atoms with Gasteiger partial charge in [0.15, 0.2) is 5.69 Å². The second-order valence-corrected chi connectivity index (χ2v) is 7.34. The van der Waals surface area contributed by atoms with E-state index in [9.17, 15) is 8.42 Å². The van der Waals surface area contributed by atoms with E-state index >= 15 is 0 Å². The maximum Gasteiger partial charge on any atom is 0.260 e. The fraction of sp³-hybridized carbons (Fsp3) is 0.118. The quantitative estimate of drug-likeness (QED) is 0.824. The molecule has 0 aromatic heterocycles. The summed E-state index contributed by atoms with van der Waals surface area (Å²) in [7, 11) is -3.76. The van der Waals surface area contributed by atoms with E-state index in [0.29, 0.717) is 17.1 Å². The van der Waals surface area contributed by atoms with E-state index in [2.05, 4.69) is 9.57 Å². The number of hydrogen-bond acceptors (Lipinski definition) is 2. The van der Waals surface area contributed by atoms with Gasteiger partial charge in [0.1, 0.15) is 0 Å². The summed E-state index contributed by atoms with van der Waals surface area (Å²) in [6.07, 6.45) is 2.66. The Kier molecular flexibility index (Phi) is 3.88. The summed E-state index contributed by atoms with van der Waals surface area (Å²) in [4.78, 5) is 3.33. The largest absolute Gasteiger partial charge is 0.279 e. The second kappa shape index (κ2) is 5.73. The van der Waals surface area contributed by atoms with E-state index in [1.807, 2.05) is 13.0 Å². The lowest BCUT2D eigenvalue weighted by Gasteiger charge is -2.14. The van der Waals surface area contributed by atoms with Crippen molar-refractivity contribution < 1.29 is 8.42 Å². The summed E-state index contributed by atoms with van der Waals surface area (Å²) >= 11 is 6.21. The van der Waals surface area contributed by atoms with Gasteiger partial charge in [-0.3, -0.25) is 4.72 Å². The Morgan fingerprint density at radius 2 is 2.04 bits per heavy atom. The molecular formula is C17H13ClN2O2S. The number of hydrogen-bond donors (Lipinski definition) is 1. The van der Waals surface area contributed by atoms with Gasteiger partial charge in [-0.1, -0.05) is 29.8 Å². The Morgan fingerprint density at radius 3 is 2.78 bits per heavy atom. The zero-order valence-electron chi connectivity index (χ0n) is 12.3. The summed E-state index contributed by atoms with van der Waals surface area (Å²) in [6.45, 7) is 8.95. The van der Waals surface area contributed by atoms with Gasteiger partial charge >= 0.3 is 0 Å². The van der Waals surface area contributed by atoms with Crippen molar-refractivity contribution in [3.63, 3.8) is 0 Å². The molecule has 0 fully saturated rings. The van der Waals surface area contributed by atoms with Crippen LogP contribution in [0.25, 0.3) is 10.4 Å². The van der Waals surface area contributed by atoms with Crippen molar-refractivity contribution in [2.24, 2.45) is 0 Å². The number of allylic oxidation sites excluding steroid dienone is 2. The maximum absolute atomic E-state index is 12.6. The Balaban J connectivity index is 2.02. The van der Waals surface area contributed by atoms with Crippen LogP contribution in [0.1, 0.15) is 18.1 Å². The van der Waals surface area contributed by atoms with E-state index < -0.39 is 10.0 Å². The van der Waals surface area contributed by atoms with Crippen LogP contribution in [-0.4, -0.2) is 8.42 Å². The van der Waals surface area contributed by atoms with Crippen LogP contribution in [0.3, 0.4) is 0 Å². The average molecular weight is 345 g/mol. The highest BCUT2D eigenvalue weighted by Crippen LogP contribution is 2.38. The summed E-state index contributed by atoms with van der Waals surface area (Å²) in [5.41, 5.74) is 3.61. The first-order valence-electron chi connectivity index (χ1n) is 6.91. The lowest BCUT2D eigenvalue weighted by atomic mass is 10.1. The van der Waals surface area contributed by atoms with Crippen molar-refractivity contribution in [3.05, 3.63) is 70.0 Å². The lowest BCUT2D eigenvalue weighted by Crippen LogP contribution is -2.14. The highest BCUT2D eigenvalue weighted by atomic mass is 35.5. The minimum absolute atomic E-state index is 0.0670. The SMILES string of the molecule is [C-]#[N+]c1cccc(S(=O)(=O)Nc2ccc(Cl)c3c2CC=C3C)c1. The number of nitrogens with one attached hydrogen (secondary N) is 1. The second-order valence-electron chi connectivity index (χ2n) is 5.25. The monoisotopic (exact) mass is 344 g/mol. The molecule has 0 spiro atoms. The first-order chi connectivity index (χ1) is 10.9. The molecule has 0 heterocycles. The number of anilines is 1. The molecule has 23 heavy (non-hydrogen) atoms. The van der Waals surface area contributed by atoms with Crippen LogP contribution in [-0.2, 0) is 16.4 Å². The van der Waals surface area contributed by atoms with Crippen molar-refractivity contribution in [1.29, 1.82) is 0 Å². The van der Waals surface area contributed by atoms with Gasteiger partial charge in [0.25, 0.3) is 10.0 Å². The highest BCUT2D eigenvalue weighted by Gasteiger charge is 2.22. The first-order valence-corrected chi connectivity index (χ1v) is 8.77. The Morgan fingerprint density at radius 1 is 1.26 bits per heavy atom. The molecule has 116 valence electrons. The fourth-order valence-corrected chi connectivity index (χ4v) is 4.09. The predicted octanol–water partition coefficient (Wildman–Crippen LogP) is 4.65. The van der Waals surface area contributed by atoms with Crippen molar-refractivity contribution in [2.45, 2.75) is 18.2 Å². The van der Waals surface area contributed by atoms with Crippen LogP contribution >= 0.6 is 11.6 Å². The van der Waals surface area contributed by atoms with Crippen LogP contribution in [0.4, 0.5) is 11.4 Å². The molecule has 0 unspecified atom stereocenters. The van der Waals surface area contributed by atoms with Gasteiger partial charge in [-0.2, -0.15) is 0 Å². The summed E-state index contributed by atoms with van der Waals surface area (Å²) in [5.74, 6) is 0. The van der Waals surface area contributed by atoms with Crippen LogP contribution < -0.4 is 4.72 Å². The van der Waals surface area contributed by atoms with Crippen molar-refractivity contribution in [1.82, 2.24) is 0 Å². The van der Waals surface area contributed by atoms with Crippen LogP contribution in [0.5, 0.6) is 0 Å².